The van der Waals surface area contributed by atoms with Crippen molar-refractivity contribution in [1.82, 2.24) is 15.0 Å². The number of hydrogen-bond acceptors (Lipinski definition) is 6. The molecule has 4 rings (SSSR count). The summed E-state index contributed by atoms with van der Waals surface area (Å²) in [5.74, 6) is 1.20. The first-order valence-corrected chi connectivity index (χ1v) is 10.2. The van der Waals surface area contributed by atoms with E-state index in [-0.39, 0.29) is 11.7 Å². The van der Waals surface area contributed by atoms with Crippen LogP contribution in [0.3, 0.4) is 0 Å². The number of piperidine rings is 1. The number of nitrogens with zero attached hydrogens (tertiary/aromatic N) is 3. The summed E-state index contributed by atoms with van der Waals surface area (Å²) in [7, 11) is 0. The average molecular weight is 393 g/mol. The van der Waals surface area contributed by atoms with Crippen molar-refractivity contribution in [3.05, 3.63) is 48.9 Å². The predicted octanol–water partition coefficient (Wildman–Crippen LogP) is 3.00. The molecule has 0 amide bonds. The molecular weight excluding hydrogens is 366 g/mol. The molecule has 1 saturated heterocycles. The van der Waals surface area contributed by atoms with Crippen LogP contribution in [0.25, 0.3) is 11.0 Å². The monoisotopic (exact) mass is 393 g/mol. The fourth-order valence-corrected chi connectivity index (χ4v) is 4.13. The van der Waals surface area contributed by atoms with Crippen molar-refractivity contribution in [3.63, 3.8) is 0 Å². The number of carbonyl (C=O) groups excluding carboxylic acids is 1. The van der Waals surface area contributed by atoms with Crippen LogP contribution in [0, 0.1) is 5.92 Å². The molecule has 0 bridgehead atoms. The second kappa shape index (κ2) is 8.61. The molecule has 1 aliphatic heterocycles. The molecular formula is C22H27N5O2. The van der Waals surface area contributed by atoms with Crippen molar-refractivity contribution in [2.75, 3.05) is 23.3 Å². The fourth-order valence-electron chi connectivity index (χ4n) is 4.13. The number of carbonyl (C=O) groups is 1. The molecule has 1 aromatic carbocycles. The Morgan fingerprint density at radius 3 is 2.93 bits per heavy atom. The second-order valence-corrected chi connectivity index (χ2v) is 7.79. The zero-order valence-electron chi connectivity index (χ0n) is 16.6. The van der Waals surface area contributed by atoms with Gasteiger partial charge in [-0.1, -0.05) is 18.2 Å². The van der Waals surface area contributed by atoms with Gasteiger partial charge in [-0.05, 0) is 43.9 Å². The maximum Gasteiger partial charge on any atom is 0.158 e. The van der Waals surface area contributed by atoms with E-state index in [9.17, 15) is 9.90 Å². The highest BCUT2D eigenvalue weighted by atomic mass is 16.3. The summed E-state index contributed by atoms with van der Waals surface area (Å²) in [5, 5.41) is 14.4. The summed E-state index contributed by atoms with van der Waals surface area (Å²) in [6.45, 7) is 3.36. The third-order valence-corrected chi connectivity index (χ3v) is 5.57. The van der Waals surface area contributed by atoms with Gasteiger partial charge in [0.1, 0.15) is 23.8 Å². The van der Waals surface area contributed by atoms with E-state index in [4.69, 9.17) is 0 Å². The fraction of sp³-hybridized carbons (Fsp3) is 0.409. The van der Waals surface area contributed by atoms with Crippen LogP contribution in [0.15, 0.2) is 48.9 Å². The molecule has 0 spiro atoms. The molecule has 29 heavy (non-hydrogen) atoms. The first-order chi connectivity index (χ1) is 14.1. The summed E-state index contributed by atoms with van der Waals surface area (Å²) in [5.41, 5.74) is 1.67. The van der Waals surface area contributed by atoms with Gasteiger partial charge in [-0.3, -0.25) is 4.79 Å². The number of benzene rings is 1. The number of ketones is 1. The van der Waals surface area contributed by atoms with Gasteiger partial charge in [-0.25, -0.2) is 9.97 Å². The van der Waals surface area contributed by atoms with E-state index < -0.39 is 12.1 Å². The Balaban J connectivity index is 1.44. The summed E-state index contributed by atoms with van der Waals surface area (Å²) in [4.78, 5) is 27.1. The highest BCUT2D eigenvalue weighted by Gasteiger charge is 2.29. The van der Waals surface area contributed by atoms with Gasteiger partial charge in [-0.15, -0.1) is 0 Å². The molecule has 0 saturated carbocycles. The van der Waals surface area contributed by atoms with Crippen LogP contribution in [0.2, 0.25) is 0 Å². The summed E-state index contributed by atoms with van der Waals surface area (Å²) < 4.78 is 0. The Morgan fingerprint density at radius 2 is 2.14 bits per heavy atom. The summed E-state index contributed by atoms with van der Waals surface area (Å²) in [6, 6.07) is 10.9. The summed E-state index contributed by atoms with van der Waals surface area (Å²) >= 11 is 0. The molecule has 3 atom stereocenters. The minimum atomic E-state index is -0.760. The molecule has 0 radical (unpaired) electrons. The lowest BCUT2D eigenvalue weighted by atomic mass is 9.89. The number of aromatic nitrogens is 3. The van der Waals surface area contributed by atoms with Gasteiger partial charge < -0.3 is 20.3 Å². The van der Waals surface area contributed by atoms with E-state index in [0.29, 0.717) is 6.42 Å². The van der Waals surface area contributed by atoms with Gasteiger partial charge in [0.05, 0.1) is 11.5 Å². The van der Waals surface area contributed by atoms with Crippen LogP contribution in [-0.2, 0) is 4.79 Å². The predicted molar refractivity (Wildman–Crippen MR) is 114 cm³/mol. The highest BCUT2D eigenvalue weighted by Crippen LogP contribution is 2.28. The van der Waals surface area contributed by atoms with Crippen molar-refractivity contribution in [1.29, 1.82) is 0 Å². The van der Waals surface area contributed by atoms with Crippen molar-refractivity contribution in [3.8, 4) is 0 Å². The lowest BCUT2D eigenvalue weighted by Crippen LogP contribution is -2.42. The number of fused-ring (bicyclic) bond motifs is 1. The molecule has 0 aliphatic carbocycles. The number of aliphatic hydroxyl groups is 1. The van der Waals surface area contributed by atoms with Crippen molar-refractivity contribution < 1.29 is 9.90 Å². The lowest BCUT2D eigenvalue weighted by Gasteiger charge is -2.34. The number of rotatable bonds is 7. The standard InChI is InChI=1S/C22H27N5O2/c1-15(28)20(26-17-7-3-2-4-8-17)19(29)12-16-6-5-11-27(13-16)22-18-9-10-23-21(18)24-14-25-22/h2-4,7-10,14-16,20,26,28H,5-6,11-13H2,1H3,(H,23,24,25)/t15-,16+,20-/m1/s1. The van der Waals surface area contributed by atoms with E-state index in [1.165, 1.54) is 0 Å². The van der Waals surface area contributed by atoms with Gasteiger partial charge in [-0.2, -0.15) is 0 Å². The van der Waals surface area contributed by atoms with Crippen LogP contribution >= 0.6 is 0 Å². The van der Waals surface area contributed by atoms with E-state index >= 15 is 0 Å². The molecule has 7 nitrogen and oxygen atoms in total. The maximum absolute atomic E-state index is 13.0. The molecule has 7 heteroatoms. The van der Waals surface area contributed by atoms with Crippen LogP contribution in [0.1, 0.15) is 26.2 Å². The second-order valence-electron chi connectivity index (χ2n) is 7.79. The van der Waals surface area contributed by atoms with Crippen LogP contribution in [0.5, 0.6) is 0 Å². The Kier molecular flexibility index (Phi) is 5.76. The van der Waals surface area contributed by atoms with Crippen molar-refractivity contribution in [2.24, 2.45) is 5.92 Å². The number of aromatic amines is 1. The van der Waals surface area contributed by atoms with E-state index in [1.807, 2.05) is 42.6 Å². The van der Waals surface area contributed by atoms with Gasteiger partial charge in [0.15, 0.2) is 5.78 Å². The van der Waals surface area contributed by atoms with Gasteiger partial charge in [0.25, 0.3) is 0 Å². The first kappa shape index (κ1) is 19.4. The minimum absolute atomic E-state index is 0.0465. The van der Waals surface area contributed by atoms with Gasteiger partial charge in [0, 0.05) is 31.4 Å². The third kappa shape index (κ3) is 4.40. The molecule has 3 heterocycles. The largest absolute Gasteiger partial charge is 0.391 e. The lowest BCUT2D eigenvalue weighted by molar-refractivity contribution is -0.122. The molecule has 2 aromatic heterocycles. The number of hydrogen-bond donors (Lipinski definition) is 3. The Labute approximate surface area is 170 Å². The molecule has 3 N–H and O–H groups in total. The first-order valence-electron chi connectivity index (χ1n) is 10.2. The number of nitrogens with one attached hydrogen (secondary N) is 2. The number of para-hydroxylation sites is 1. The Hall–Kier alpha value is -2.93. The van der Waals surface area contributed by atoms with Crippen LogP contribution < -0.4 is 10.2 Å². The molecule has 0 unspecified atom stereocenters. The van der Waals surface area contributed by atoms with E-state index in [1.54, 1.807) is 13.3 Å². The molecule has 152 valence electrons. The minimum Gasteiger partial charge on any atom is -0.391 e. The molecule has 1 fully saturated rings. The number of aliphatic hydroxyl groups excluding tert-OH is 1. The average Bonchev–Trinajstić information content (AvgIpc) is 3.21. The molecule has 1 aliphatic rings. The van der Waals surface area contributed by atoms with Crippen LogP contribution in [0.4, 0.5) is 11.5 Å². The zero-order valence-corrected chi connectivity index (χ0v) is 16.6. The number of H-pyrrole nitrogens is 1. The highest BCUT2D eigenvalue weighted by molar-refractivity contribution is 5.88. The Morgan fingerprint density at radius 1 is 1.31 bits per heavy atom. The smallest absolute Gasteiger partial charge is 0.158 e. The topological polar surface area (TPSA) is 94.1 Å². The molecule has 3 aromatic rings. The maximum atomic E-state index is 13.0. The Bertz CT molecular complexity index is 956. The van der Waals surface area contributed by atoms with E-state index in [0.717, 1.165) is 48.5 Å². The SMILES string of the molecule is C[C@@H](O)[C@@H](Nc1ccccc1)C(=O)C[C@@H]1CCCN(c2ncnc3[nH]ccc23)C1. The van der Waals surface area contributed by atoms with Crippen molar-refractivity contribution in [2.45, 2.75) is 38.3 Å². The quantitative estimate of drug-likeness (QED) is 0.571. The normalized spacial score (nSPS) is 19.1. The number of anilines is 2. The van der Waals surface area contributed by atoms with Gasteiger partial charge >= 0.3 is 0 Å². The van der Waals surface area contributed by atoms with Crippen molar-refractivity contribution >= 4 is 28.3 Å². The summed E-state index contributed by atoms with van der Waals surface area (Å²) in [6.07, 6.45) is 5.14. The third-order valence-electron chi connectivity index (χ3n) is 5.57. The zero-order chi connectivity index (χ0) is 20.2. The van der Waals surface area contributed by atoms with Gasteiger partial charge in [0.2, 0.25) is 0 Å². The van der Waals surface area contributed by atoms with Crippen LogP contribution in [-0.4, -0.2) is 51.1 Å². The van der Waals surface area contributed by atoms with E-state index in [2.05, 4.69) is 25.2 Å². The number of Topliss-reactive ketones (excluding diaryl/α,β-unsaturated/α-hetero) is 1.